The molecule has 5 nitrogen and oxygen atoms in total. The molecular weight excluding hydrogens is 376 g/mol. The predicted molar refractivity (Wildman–Crippen MR) is 107 cm³/mol. The number of benzene rings is 2. The van der Waals surface area contributed by atoms with Crippen LogP contribution in [-0.4, -0.2) is 53.4 Å². The van der Waals surface area contributed by atoms with Gasteiger partial charge in [-0.3, -0.25) is 14.5 Å². The molecule has 1 N–H and O–H groups in total. The van der Waals surface area contributed by atoms with Gasteiger partial charge in [0.2, 0.25) is 0 Å². The molecule has 150 valence electrons. The third kappa shape index (κ3) is 4.35. The summed E-state index contributed by atoms with van der Waals surface area (Å²) >= 11 is 0. The Morgan fingerprint density at radius 3 is 2.34 bits per heavy atom. The van der Waals surface area contributed by atoms with Gasteiger partial charge in [0, 0.05) is 32.7 Å². The first-order chi connectivity index (χ1) is 14.0. The number of carbonyl (C=O) groups excluding carboxylic acids is 1. The number of nitrogens with zero attached hydrogens (tertiary/aromatic N) is 2. The average molecular weight is 397 g/mol. The summed E-state index contributed by atoms with van der Waals surface area (Å²) in [5, 5.41) is 0.618. The Bertz CT molecular complexity index is 1090. The van der Waals surface area contributed by atoms with Gasteiger partial charge in [-0.25, -0.2) is 8.78 Å². The first-order valence-electron chi connectivity index (χ1n) is 9.58. The molecule has 0 atom stereocenters. The van der Waals surface area contributed by atoms with Gasteiger partial charge in [0.15, 0.2) is 0 Å². The molecule has 1 saturated heterocycles. The summed E-state index contributed by atoms with van der Waals surface area (Å²) in [6.07, 6.45) is 0.815. The quantitative estimate of drug-likeness (QED) is 0.737. The summed E-state index contributed by atoms with van der Waals surface area (Å²) < 4.78 is 26.3. The Morgan fingerprint density at radius 2 is 1.62 bits per heavy atom. The van der Waals surface area contributed by atoms with Crippen molar-refractivity contribution >= 4 is 16.8 Å². The molecular formula is C22H21F2N3O2. The molecule has 0 aliphatic carbocycles. The topological polar surface area (TPSA) is 56.4 Å². The van der Waals surface area contributed by atoms with Crippen molar-refractivity contribution in [1.82, 2.24) is 14.8 Å². The Balaban J connectivity index is 1.38. The van der Waals surface area contributed by atoms with E-state index in [1.807, 2.05) is 0 Å². The smallest absolute Gasteiger partial charge is 0.261 e. The Kier molecular flexibility index (Phi) is 5.40. The highest BCUT2D eigenvalue weighted by Crippen LogP contribution is 2.15. The summed E-state index contributed by atoms with van der Waals surface area (Å²) in [4.78, 5) is 31.7. The van der Waals surface area contributed by atoms with Crippen LogP contribution in [0.3, 0.4) is 0 Å². The third-order valence-corrected chi connectivity index (χ3v) is 5.33. The predicted octanol–water partition coefficient (Wildman–Crippen LogP) is 2.81. The van der Waals surface area contributed by atoms with E-state index < -0.39 is 11.4 Å². The number of aromatic amines is 1. The van der Waals surface area contributed by atoms with Gasteiger partial charge in [-0.1, -0.05) is 12.1 Å². The first-order valence-corrected chi connectivity index (χ1v) is 9.58. The monoisotopic (exact) mass is 397 g/mol. The fraction of sp³-hybridized carbons (Fsp3) is 0.273. The fourth-order valence-electron chi connectivity index (χ4n) is 3.62. The van der Waals surface area contributed by atoms with E-state index in [2.05, 4.69) is 9.88 Å². The van der Waals surface area contributed by atoms with Crippen LogP contribution in [-0.2, 0) is 6.42 Å². The lowest BCUT2D eigenvalue weighted by Gasteiger charge is -2.34. The number of pyridine rings is 1. The molecule has 7 heteroatoms. The standard InChI is InChI=1S/C22H21F2N3O2/c23-17-4-1-15(2-5-17)7-8-26-9-11-27(12-10-26)22(29)19-13-16-3-6-18(24)14-20(16)25-21(19)28/h1-6,13-14H,7-12H2,(H,25,28). The molecule has 0 bridgehead atoms. The Labute approximate surface area is 166 Å². The maximum atomic E-state index is 13.3. The molecule has 0 saturated carbocycles. The highest BCUT2D eigenvalue weighted by Gasteiger charge is 2.24. The molecule has 29 heavy (non-hydrogen) atoms. The molecule has 3 aromatic rings. The molecule has 1 aliphatic heterocycles. The minimum absolute atomic E-state index is 0.0730. The Hall–Kier alpha value is -3.06. The van der Waals surface area contributed by atoms with E-state index in [9.17, 15) is 18.4 Å². The number of hydrogen-bond acceptors (Lipinski definition) is 3. The molecule has 1 amide bonds. The van der Waals surface area contributed by atoms with E-state index >= 15 is 0 Å². The van der Waals surface area contributed by atoms with Crippen LogP contribution in [0.4, 0.5) is 8.78 Å². The largest absolute Gasteiger partial charge is 0.336 e. The van der Waals surface area contributed by atoms with Crippen molar-refractivity contribution < 1.29 is 13.6 Å². The van der Waals surface area contributed by atoms with Crippen LogP contribution >= 0.6 is 0 Å². The van der Waals surface area contributed by atoms with Crippen molar-refractivity contribution in [2.45, 2.75) is 6.42 Å². The first kappa shape index (κ1) is 19.3. The number of carbonyl (C=O) groups is 1. The van der Waals surface area contributed by atoms with E-state index in [-0.39, 0.29) is 17.3 Å². The second-order valence-corrected chi connectivity index (χ2v) is 7.25. The van der Waals surface area contributed by atoms with Gasteiger partial charge in [0.05, 0.1) is 5.52 Å². The van der Waals surface area contributed by atoms with E-state index in [1.54, 1.807) is 23.1 Å². The third-order valence-electron chi connectivity index (χ3n) is 5.33. The molecule has 4 rings (SSSR count). The number of rotatable bonds is 4. The normalized spacial score (nSPS) is 15.0. The number of hydrogen-bond donors (Lipinski definition) is 1. The van der Waals surface area contributed by atoms with E-state index in [0.29, 0.717) is 37.1 Å². The van der Waals surface area contributed by atoms with Crippen LogP contribution in [0.1, 0.15) is 15.9 Å². The van der Waals surface area contributed by atoms with Crippen LogP contribution in [0.2, 0.25) is 0 Å². The lowest BCUT2D eigenvalue weighted by Crippen LogP contribution is -2.49. The zero-order valence-corrected chi connectivity index (χ0v) is 15.8. The summed E-state index contributed by atoms with van der Waals surface area (Å²) in [7, 11) is 0. The van der Waals surface area contributed by atoms with E-state index in [1.165, 1.54) is 30.3 Å². The van der Waals surface area contributed by atoms with E-state index in [4.69, 9.17) is 0 Å². The summed E-state index contributed by atoms with van der Waals surface area (Å²) in [6, 6.07) is 12.1. The molecule has 0 radical (unpaired) electrons. The molecule has 1 aliphatic rings. The van der Waals surface area contributed by atoms with Gasteiger partial charge >= 0.3 is 0 Å². The van der Waals surface area contributed by atoms with Crippen LogP contribution in [0.25, 0.3) is 10.9 Å². The molecule has 1 fully saturated rings. The van der Waals surface area contributed by atoms with Gasteiger partial charge in [-0.2, -0.15) is 0 Å². The number of H-pyrrole nitrogens is 1. The van der Waals surface area contributed by atoms with Crippen LogP contribution in [0, 0.1) is 11.6 Å². The lowest BCUT2D eigenvalue weighted by atomic mass is 10.1. The van der Waals surface area contributed by atoms with Gasteiger partial charge in [-0.15, -0.1) is 0 Å². The van der Waals surface area contributed by atoms with Crippen molar-refractivity contribution in [3.63, 3.8) is 0 Å². The molecule has 0 unspecified atom stereocenters. The summed E-state index contributed by atoms with van der Waals surface area (Å²) in [5.74, 6) is -0.991. The minimum atomic E-state index is -0.508. The van der Waals surface area contributed by atoms with Crippen LogP contribution < -0.4 is 5.56 Å². The maximum absolute atomic E-state index is 13.3. The number of halogens is 2. The fourth-order valence-corrected chi connectivity index (χ4v) is 3.62. The minimum Gasteiger partial charge on any atom is -0.336 e. The summed E-state index contributed by atoms with van der Waals surface area (Å²) in [6.45, 7) is 3.31. The molecule has 2 aromatic carbocycles. The van der Waals surface area contributed by atoms with Gasteiger partial charge in [0.1, 0.15) is 17.2 Å². The second kappa shape index (κ2) is 8.13. The van der Waals surface area contributed by atoms with Crippen molar-refractivity contribution in [3.8, 4) is 0 Å². The van der Waals surface area contributed by atoms with Crippen molar-refractivity contribution in [1.29, 1.82) is 0 Å². The zero-order valence-electron chi connectivity index (χ0n) is 15.8. The number of nitrogens with one attached hydrogen (secondary N) is 1. The van der Waals surface area contributed by atoms with Crippen LogP contribution in [0.15, 0.2) is 53.3 Å². The van der Waals surface area contributed by atoms with Crippen molar-refractivity contribution in [2.75, 3.05) is 32.7 Å². The van der Waals surface area contributed by atoms with Gasteiger partial charge in [0.25, 0.3) is 11.5 Å². The second-order valence-electron chi connectivity index (χ2n) is 7.25. The SMILES string of the molecule is O=C(c1cc2ccc(F)cc2[nH]c1=O)N1CCN(CCc2ccc(F)cc2)CC1. The van der Waals surface area contributed by atoms with Crippen LogP contribution in [0.5, 0.6) is 0 Å². The Morgan fingerprint density at radius 1 is 0.931 bits per heavy atom. The summed E-state index contributed by atoms with van der Waals surface area (Å²) in [5.41, 5.74) is 1.01. The zero-order chi connectivity index (χ0) is 20.4. The number of piperazine rings is 1. The molecule has 1 aromatic heterocycles. The van der Waals surface area contributed by atoms with E-state index in [0.717, 1.165) is 18.5 Å². The maximum Gasteiger partial charge on any atom is 0.261 e. The number of amides is 1. The highest BCUT2D eigenvalue weighted by molar-refractivity contribution is 5.97. The lowest BCUT2D eigenvalue weighted by molar-refractivity contribution is 0.0637. The average Bonchev–Trinajstić information content (AvgIpc) is 2.73. The highest BCUT2D eigenvalue weighted by atomic mass is 19.1. The van der Waals surface area contributed by atoms with Gasteiger partial charge < -0.3 is 9.88 Å². The molecule has 2 heterocycles. The van der Waals surface area contributed by atoms with Crippen molar-refractivity contribution in [2.24, 2.45) is 0 Å². The number of aromatic nitrogens is 1. The molecule has 0 spiro atoms. The van der Waals surface area contributed by atoms with Crippen molar-refractivity contribution in [3.05, 3.63) is 81.6 Å². The van der Waals surface area contributed by atoms with Gasteiger partial charge in [-0.05, 0) is 53.8 Å². The number of fused-ring (bicyclic) bond motifs is 1.